The van der Waals surface area contributed by atoms with Gasteiger partial charge in [0.05, 0.1) is 20.6 Å². The number of pyridine rings is 1. The van der Waals surface area contributed by atoms with Gasteiger partial charge in [0.1, 0.15) is 0 Å². The van der Waals surface area contributed by atoms with Crippen molar-refractivity contribution in [2.75, 3.05) is 10.5 Å². The van der Waals surface area contributed by atoms with Crippen molar-refractivity contribution in [2.24, 2.45) is 0 Å². The molecule has 8 heteroatoms. The lowest BCUT2D eigenvalue weighted by Crippen LogP contribution is -2.14. The van der Waals surface area contributed by atoms with Crippen LogP contribution in [0.4, 0.5) is 11.5 Å². The predicted molar refractivity (Wildman–Crippen MR) is 75.9 cm³/mol. The smallest absolute Gasteiger partial charge is 0.263 e. The second-order valence-corrected chi connectivity index (χ2v) is 6.12. The van der Waals surface area contributed by atoms with Crippen LogP contribution in [0.2, 0.25) is 10.0 Å². The lowest BCUT2D eigenvalue weighted by atomic mass is 10.3. The van der Waals surface area contributed by atoms with Gasteiger partial charge in [-0.1, -0.05) is 23.2 Å². The van der Waals surface area contributed by atoms with Gasteiger partial charge in [-0.2, -0.15) is 0 Å². The number of hydrogen-bond donors (Lipinski definition) is 2. The first-order chi connectivity index (χ1) is 8.90. The van der Waals surface area contributed by atoms with Crippen LogP contribution in [0.3, 0.4) is 0 Å². The Morgan fingerprint density at radius 3 is 2.53 bits per heavy atom. The van der Waals surface area contributed by atoms with Crippen LogP contribution in [0.1, 0.15) is 0 Å². The number of aromatic nitrogens is 1. The molecule has 0 spiro atoms. The predicted octanol–water partition coefficient (Wildman–Crippen LogP) is 2.77. The van der Waals surface area contributed by atoms with Crippen LogP contribution in [-0.4, -0.2) is 13.4 Å². The summed E-state index contributed by atoms with van der Waals surface area (Å²) in [4.78, 5) is 3.83. The molecule has 100 valence electrons. The summed E-state index contributed by atoms with van der Waals surface area (Å²) in [6, 6.07) is 7.15. The number of sulfonamides is 1. The minimum absolute atomic E-state index is 0.0200. The minimum Gasteiger partial charge on any atom is -0.398 e. The molecule has 2 aromatic rings. The van der Waals surface area contributed by atoms with Crippen molar-refractivity contribution in [3.05, 3.63) is 46.6 Å². The maximum atomic E-state index is 12.1. The maximum Gasteiger partial charge on any atom is 0.263 e. The van der Waals surface area contributed by atoms with E-state index >= 15 is 0 Å². The molecule has 0 unspecified atom stereocenters. The zero-order valence-corrected chi connectivity index (χ0v) is 11.8. The molecule has 0 aliphatic rings. The number of nitrogens with one attached hydrogen (secondary N) is 1. The molecule has 19 heavy (non-hydrogen) atoms. The van der Waals surface area contributed by atoms with Crippen LogP contribution >= 0.6 is 23.2 Å². The number of benzene rings is 1. The van der Waals surface area contributed by atoms with Gasteiger partial charge in [0.2, 0.25) is 0 Å². The van der Waals surface area contributed by atoms with Crippen molar-refractivity contribution in [3.63, 3.8) is 0 Å². The van der Waals surface area contributed by atoms with E-state index in [-0.39, 0.29) is 20.8 Å². The summed E-state index contributed by atoms with van der Waals surface area (Å²) < 4.78 is 26.5. The van der Waals surface area contributed by atoms with Gasteiger partial charge in [-0.3, -0.25) is 4.72 Å². The van der Waals surface area contributed by atoms with E-state index in [2.05, 4.69) is 9.71 Å². The second-order valence-electron chi connectivity index (χ2n) is 3.62. The summed E-state index contributed by atoms with van der Waals surface area (Å²) in [6.45, 7) is 0. The van der Waals surface area contributed by atoms with E-state index in [1.54, 1.807) is 6.07 Å². The summed E-state index contributed by atoms with van der Waals surface area (Å²) in [5.74, 6) is 0.0529. The highest BCUT2D eigenvalue weighted by Crippen LogP contribution is 2.25. The average molecular weight is 318 g/mol. The number of anilines is 2. The highest BCUT2D eigenvalue weighted by Gasteiger charge is 2.17. The zero-order chi connectivity index (χ0) is 14.0. The molecular weight excluding hydrogens is 309 g/mol. The number of nitrogens with zero attached hydrogens (tertiary/aromatic N) is 1. The van der Waals surface area contributed by atoms with Crippen molar-refractivity contribution < 1.29 is 8.42 Å². The van der Waals surface area contributed by atoms with Crippen LogP contribution in [0, 0.1) is 0 Å². The molecule has 0 amide bonds. The number of halogens is 2. The standard InChI is InChI=1S/C11H9Cl2N3O2S/c12-8-2-1-5-15-11(8)16-19(17,18)7-3-4-10(14)9(13)6-7/h1-6H,14H2,(H,15,16). The summed E-state index contributed by atoms with van der Waals surface area (Å²) in [5, 5.41) is 0.364. The first-order valence-corrected chi connectivity index (χ1v) is 7.32. The molecule has 0 bridgehead atoms. The van der Waals surface area contributed by atoms with Crippen LogP contribution in [0.25, 0.3) is 0 Å². The van der Waals surface area contributed by atoms with E-state index in [1.807, 2.05) is 0 Å². The average Bonchev–Trinajstić information content (AvgIpc) is 2.35. The van der Waals surface area contributed by atoms with E-state index in [0.717, 1.165) is 0 Å². The normalized spacial score (nSPS) is 11.3. The highest BCUT2D eigenvalue weighted by molar-refractivity contribution is 7.92. The van der Waals surface area contributed by atoms with Crippen LogP contribution in [-0.2, 0) is 10.0 Å². The molecular formula is C11H9Cl2N3O2S. The molecule has 0 radical (unpaired) electrons. The fourth-order valence-corrected chi connectivity index (χ4v) is 2.85. The van der Waals surface area contributed by atoms with Gasteiger partial charge in [0.25, 0.3) is 10.0 Å². The van der Waals surface area contributed by atoms with Crippen LogP contribution in [0.15, 0.2) is 41.4 Å². The molecule has 1 aromatic carbocycles. The Labute approximate surface area is 120 Å². The van der Waals surface area contributed by atoms with Gasteiger partial charge in [-0.15, -0.1) is 0 Å². The quantitative estimate of drug-likeness (QED) is 0.852. The van der Waals surface area contributed by atoms with E-state index in [1.165, 1.54) is 30.5 Å². The Balaban J connectivity index is 2.38. The van der Waals surface area contributed by atoms with Crippen molar-refractivity contribution in [1.29, 1.82) is 0 Å². The van der Waals surface area contributed by atoms with E-state index in [4.69, 9.17) is 28.9 Å². The molecule has 0 fully saturated rings. The Morgan fingerprint density at radius 1 is 1.16 bits per heavy atom. The molecule has 0 aliphatic heterocycles. The maximum absolute atomic E-state index is 12.1. The van der Waals surface area contributed by atoms with Gasteiger partial charge < -0.3 is 5.73 Å². The number of hydrogen-bond acceptors (Lipinski definition) is 4. The Hall–Kier alpha value is -1.50. The minimum atomic E-state index is -3.81. The summed E-state index contributed by atoms with van der Waals surface area (Å²) in [6.07, 6.45) is 1.43. The molecule has 1 heterocycles. The number of nitrogen functional groups attached to an aromatic ring is 1. The first kappa shape index (κ1) is 13.9. The van der Waals surface area contributed by atoms with Gasteiger partial charge >= 0.3 is 0 Å². The third-order valence-corrected chi connectivity index (χ3v) is 4.24. The van der Waals surface area contributed by atoms with Crippen LogP contribution in [0.5, 0.6) is 0 Å². The molecule has 0 saturated carbocycles. The van der Waals surface area contributed by atoms with Crippen molar-refractivity contribution in [3.8, 4) is 0 Å². The van der Waals surface area contributed by atoms with E-state index in [9.17, 15) is 8.42 Å². The molecule has 1 aromatic heterocycles. The fraction of sp³-hybridized carbons (Fsp3) is 0. The van der Waals surface area contributed by atoms with E-state index < -0.39 is 10.0 Å². The lowest BCUT2D eigenvalue weighted by Gasteiger charge is -2.09. The third kappa shape index (κ3) is 3.09. The van der Waals surface area contributed by atoms with Crippen molar-refractivity contribution >= 4 is 44.7 Å². The molecule has 0 atom stereocenters. The largest absolute Gasteiger partial charge is 0.398 e. The monoisotopic (exact) mass is 317 g/mol. The first-order valence-electron chi connectivity index (χ1n) is 5.08. The Bertz CT molecular complexity index is 720. The lowest BCUT2D eigenvalue weighted by molar-refractivity contribution is 0.601. The Morgan fingerprint density at radius 2 is 1.89 bits per heavy atom. The SMILES string of the molecule is Nc1ccc(S(=O)(=O)Nc2ncccc2Cl)cc1Cl. The fourth-order valence-electron chi connectivity index (χ4n) is 1.32. The summed E-state index contributed by atoms with van der Waals surface area (Å²) in [7, 11) is -3.81. The molecule has 2 rings (SSSR count). The van der Waals surface area contributed by atoms with Gasteiger partial charge in [0, 0.05) is 6.20 Å². The molecule has 5 nitrogen and oxygen atoms in total. The number of nitrogens with two attached hydrogens (primary N) is 1. The Kier molecular flexibility index (Phi) is 3.84. The highest BCUT2D eigenvalue weighted by atomic mass is 35.5. The van der Waals surface area contributed by atoms with Crippen molar-refractivity contribution in [1.82, 2.24) is 4.98 Å². The van der Waals surface area contributed by atoms with Gasteiger partial charge in [-0.25, -0.2) is 13.4 Å². The molecule has 3 N–H and O–H groups in total. The zero-order valence-electron chi connectivity index (χ0n) is 9.47. The number of rotatable bonds is 3. The van der Waals surface area contributed by atoms with E-state index in [0.29, 0.717) is 5.69 Å². The summed E-state index contributed by atoms with van der Waals surface area (Å²) in [5.41, 5.74) is 5.83. The van der Waals surface area contributed by atoms with Gasteiger partial charge in [-0.05, 0) is 30.3 Å². The molecule has 0 aliphatic carbocycles. The second kappa shape index (κ2) is 5.24. The van der Waals surface area contributed by atoms with Crippen molar-refractivity contribution in [2.45, 2.75) is 4.90 Å². The molecule has 0 saturated heterocycles. The third-order valence-electron chi connectivity index (χ3n) is 2.27. The van der Waals surface area contributed by atoms with Crippen LogP contribution < -0.4 is 10.5 Å². The summed E-state index contributed by atoms with van der Waals surface area (Å²) >= 11 is 11.6. The topological polar surface area (TPSA) is 85.1 Å². The van der Waals surface area contributed by atoms with Gasteiger partial charge in [0.15, 0.2) is 5.82 Å².